The Morgan fingerprint density at radius 3 is 2.14 bits per heavy atom. The Kier molecular flexibility index (Phi) is 5.31. The summed E-state index contributed by atoms with van der Waals surface area (Å²) in [5.74, 6) is -0.964. The molecule has 114 valence electrons. The number of benzene rings is 2. The van der Waals surface area contributed by atoms with Crippen molar-refractivity contribution >= 4 is 17.6 Å². The van der Waals surface area contributed by atoms with E-state index in [2.05, 4.69) is 5.32 Å². The summed E-state index contributed by atoms with van der Waals surface area (Å²) in [6, 6.07) is 17.5. The number of nitrogens with one attached hydrogen (secondary N) is 1. The third-order valence-corrected chi connectivity index (χ3v) is 3.09. The number of amides is 1. The molecule has 1 amide bonds. The number of hydrogen-bond donors (Lipinski definition) is 1. The van der Waals surface area contributed by atoms with Gasteiger partial charge in [-0.25, -0.2) is 0 Å². The van der Waals surface area contributed by atoms with Crippen molar-refractivity contribution in [3.63, 3.8) is 0 Å². The molecule has 2 rings (SSSR count). The number of ether oxygens (including phenoxy) is 1. The van der Waals surface area contributed by atoms with Gasteiger partial charge in [0.05, 0.1) is 5.92 Å². The SMILES string of the molecule is CC(C)C(=O)OCC(=O)Nc1ccc(-c2ccccc2)cc1. The molecule has 0 heterocycles. The van der Waals surface area contributed by atoms with Crippen molar-refractivity contribution in [2.75, 3.05) is 11.9 Å². The van der Waals surface area contributed by atoms with Gasteiger partial charge in [-0.15, -0.1) is 0 Å². The van der Waals surface area contributed by atoms with Crippen LogP contribution >= 0.6 is 0 Å². The molecular formula is C18H19NO3. The first-order chi connectivity index (χ1) is 10.6. The van der Waals surface area contributed by atoms with E-state index in [-0.39, 0.29) is 24.4 Å². The van der Waals surface area contributed by atoms with Gasteiger partial charge in [0.2, 0.25) is 0 Å². The van der Waals surface area contributed by atoms with Gasteiger partial charge in [-0.05, 0) is 23.3 Å². The van der Waals surface area contributed by atoms with Crippen LogP contribution in [0.15, 0.2) is 54.6 Å². The van der Waals surface area contributed by atoms with Gasteiger partial charge in [0.1, 0.15) is 0 Å². The summed E-state index contributed by atoms with van der Waals surface area (Å²) >= 11 is 0. The number of carbonyl (C=O) groups is 2. The van der Waals surface area contributed by atoms with E-state index in [9.17, 15) is 9.59 Å². The number of carbonyl (C=O) groups excluding carboxylic acids is 2. The van der Waals surface area contributed by atoms with Crippen molar-refractivity contribution in [1.29, 1.82) is 0 Å². The van der Waals surface area contributed by atoms with Crippen LogP contribution in [0.1, 0.15) is 13.8 Å². The van der Waals surface area contributed by atoms with Gasteiger partial charge in [0, 0.05) is 5.69 Å². The second-order valence-corrected chi connectivity index (χ2v) is 5.25. The maximum Gasteiger partial charge on any atom is 0.308 e. The lowest BCUT2D eigenvalue weighted by atomic mass is 10.1. The first-order valence-electron chi connectivity index (χ1n) is 7.18. The molecule has 0 aliphatic heterocycles. The standard InChI is InChI=1S/C18H19NO3/c1-13(2)18(21)22-12-17(20)19-16-10-8-15(9-11-16)14-6-4-3-5-7-14/h3-11,13H,12H2,1-2H3,(H,19,20). The quantitative estimate of drug-likeness (QED) is 0.859. The highest BCUT2D eigenvalue weighted by Gasteiger charge is 2.11. The summed E-state index contributed by atoms with van der Waals surface area (Å²) < 4.78 is 4.88. The monoisotopic (exact) mass is 297 g/mol. The Morgan fingerprint density at radius 1 is 0.955 bits per heavy atom. The lowest BCUT2D eigenvalue weighted by Crippen LogP contribution is -2.22. The smallest absolute Gasteiger partial charge is 0.308 e. The van der Waals surface area contributed by atoms with Crippen LogP contribution in [0.5, 0.6) is 0 Å². The predicted octanol–water partition coefficient (Wildman–Crippen LogP) is 3.49. The van der Waals surface area contributed by atoms with E-state index >= 15 is 0 Å². The van der Waals surface area contributed by atoms with Crippen molar-refractivity contribution in [3.05, 3.63) is 54.6 Å². The highest BCUT2D eigenvalue weighted by Crippen LogP contribution is 2.20. The molecule has 0 radical (unpaired) electrons. The molecule has 1 N–H and O–H groups in total. The molecule has 0 unspecified atom stereocenters. The van der Waals surface area contributed by atoms with Crippen molar-refractivity contribution < 1.29 is 14.3 Å². The zero-order valence-corrected chi connectivity index (χ0v) is 12.7. The van der Waals surface area contributed by atoms with Gasteiger partial charge >= 0.3 is 5.97 Å². The van der Waals surface area contributed by atoms with E-state index in [0.29, 0.717) is 5.69 Å². The van der Waals surface area contributed by atoms with E-state index < -0.39 is 0 Å². The highest BCUT2D eigenvalue weighted by atomic mass is 16.5. The average Bonchev–Trinajstić information content (AvgIpc) is 2.54. The van der Waals surface area contributed by atoms with Crippen molar-refractivity contribution in [1.82, 2.24) is 0 Å². The summed E-state index contributed by atoms with van der Waals surface area (Å²) in [5.41, 5.74) is 2.86. The van der Waals surface area contributed by atoms with E-state index in [1.54, 1.807) is 13.8 Å². The second-order valence-electron chi connectivity index (χ2n) is 5.25. The molecule has 0 aliphatic carbocycles. The first-order valence-corrected chi connectivity index (χ1v) is 7.18. The number of esters is 1. The molecular weight excluding hydrogens is 278 g/mol. The minimum absolute atomic E-state index is 0.238. The fraction of sp³-hybridized carbons (Fsp3) is 0.222. The predicted molar refractivity (Wildman–Crippen MR) is 86.3 cm³/mol. The lowest BCUT2D eigenvalue weighted by Gasteiger charge is -2.09. The Bertz CT molecular complexity index is 633. The van der Waals surface area contributed by atoms with Crippen LogP contribution in [-0.4, -0.2) is 18.5 Å². The lowest BCUT2D eigenvalue weighted by molar-refractivity contribution is -0.150. The maximum absolute atomic E-state index is 11.7. The molecule has 0 aliphatic rings. The molecule has 0 fully saturated rings. The maximum atomic E-state index is 11.7. The van der Waals surface area contributed by atoms with Crippen LogP contribution < -0.4 is 5.32 Å². The summed E-state index contributed by atoms with van der Waals surface area (Å²) in [5, 5.41) is 2.70. The zero-order chi connectivity index (χ0) is 15.9. The summed E-state index contributed by atoms with van der Waals surface area (Å²) in [7, 11) is 0. The Labute approximate surface area is 130 Å². The number of rotatable bonds is 5. The van der Waals surface area contributed by atoms with Gasteiger partial charge in [-0.2, -0.15) is 0 Å². The molecule has 0 atom stereocenters. The third kappa shape index (κ3) is 4.45. The van der Waals surface area contributed by atoms with Gasteiger partial charge in [-0.3, -0.25) is 9.59 Å². The van der Waals surface area contributed by atoms with Crippen LogP contribution in [0.2, 0.25) is 0 Å². The average molecular weight is 297 g/mol. The Morgan fingerprint density at radius 2 is 1.55 bits per heavy atom. The Hall–Kier alpha value is -2.62. The minimum atomic E-state index is -0.380. The van der Waals surface area contributed by atoms with Crippen molar-refractivity contribution in [3.8, 4) is 11.1 Å². The summed E-state index contributed by atoms with van der Waals surface area (Å²) in [6.45, 7) is 3.18. The van der Waals surface area contributed by atoms with Crippen LogP contribution in [-0.2, 0) is 14.3 Å². The molecule has 0 aromatic heterocycles. The second kappa shape index (κ2) is 7.41. The van der Waals surface area contributed by atoms with Gasteiger partial charge in [0.25, 0.3) is 5.91 Å². The zero-order valence-electron chi connectivity index (χ0n) is 12.7. The summed E-state index contributed by atoms with van der Waals surface area (Å²) in [6.07, 6.45) is 0. The number of anilines is 1. The van der Waals surface area contributed by atoms with Crippen LogP contribution in [0.3, 0.4) is 0 Å². The molecule has 0 saturated heterocycles. The van der Waals surface area contributed by atoms with Crippen LogP contribution in [0.4, 0.5) is 5.69 Å². The molecule has 2 aromatic carbocycles. The van der Waals surface area contributed by atoms with Gasteiger partial charge in [0.15, 0.2) is 6.61 Å². The first kappa shape index (κ1) is 15.8. The summed E-state index contributed by atoms with van der Waals surface area (Å²) in [4.78, 5) is 23.0. The Balaban J connectivity index is 1.91. The molecule has 2 aromatic rings. The van der Waals surface area contributed by atoms with Crippen molar-refractivity contribution in [2.24, 2.45) is 5.92 Å². The fourth-order valence-corrected chi connectivity index (χ4v) is 1.88. The van der Waals surface area contributed by atoms with E-state index in [4.69, 9.17) is 4.74 Å². The van der Waals surface area contributed by atoms with E-state index in [1.165, 1.54) is 0 Å². The molecule has 0 bridgehead atoms. The molecule has 0 spiro atoms. The third-order valence-electron chi connectivity index (χ3n) is 3.09. The molecule has 0 saturated carbocycles. The van der Waals surface area contributed by atoms with E-state index in [0.717, 1.165) is 11.1 Å². The normalized spacial score (nSPS) is 10.3. The highest BCUT2D eigenvalue weighted by molar-refractivity contribution is 5.93. The van der Waals surface area contributed by atoms with E-state index in [1.807, 2.05) is 54.6 Å². The minimum Gasteiger partial charge on any atom is -0.455 e. The molecule has 4 nitrogen and oxygen atoms in total. The number of hydrogen-bond acceptors (Lipinski definition) is 3. The van der Waals surface area contributed by atoms with Crippen molar-refractivity contribution in [2.45, 2.75) is 13.8 Å². The fourth-order valence-electron chi connectivity index (χ4n) is 1.88. The molecule has 22 heavy (non-hydrogen) atoms. The van der Waals surface area contributed by atoms with Crippen LogP contribution in [0, 0.1) is 5.92 Å². The van der Waals surface area contributed by atoms with Crippen LogP contribution in [0.25, 0.3) is 11.1 Å². The van der Waals surface area contributed by atoms with Gasteiger partial charge < -0.3 is 10.1 Å². The molecule has 4 heteroatoms. The largest absolute Gasteiger partial charge is 0.455 e. The van der Waals surface area contributed by atoms with Gasteiger partial charge in [-0.1, -0.05) is 56.3 Å². The topological polar surface area (TPSA) is 55.4 Å².